The summed E-state index contributed by atoms with van der Waals surface area (Å²) in [6.45, 7) is 1.73. The summed E-state index contributed by atoms with van der Waals surface area (Å²) in [5.74, 6) is 0.986. The summed E-state index contributed by atoms with van der Waals surface area (Å²) in [5.41, 5.74) is 2.99. The molecule has 3 rings (SSSR count). The molecule has 0 aromatic heterocycles. The van der Waals surface area contributed by atoms with Gasteiger partial charge in [-0.1, -0.05) is 47.5 Å². The number of methoxy groups -OCH3 is 1. The van der Waals surface area contributed by atoms with E-state index >= 15 is 0 Å². The molecule has 0 spiro atoms. The summed E-state index contributed by atoms with van der Waals surface area (Å²) >= 11 is 12.3. The van der Waals surface area contributed by atoms with Gasteiger partial charge in [-0.2, -0.15) is 0 Å². The second-order valence-corrected chi connectivity index (χ2v) is 7.41. The number of benzene rings is 3. The van der Waals surface area contributed by atoms with Crippen LogP contribution in [0.2, 0.25) is 10.0 Å². The number of rotatable bonds is 9. The van der Waals surface area contributed by atoms with Gasteiger partial charge >= 0.3 is 0 Å². The number of halogens is 3. The molecule has 6 heteroatoms. The molecule has 0 saturated carbocycles. The van der Waals surface area contributed by atoms with E-state index in [1.165, 1.54) is 12.1 Å². The summed E-state index contributed by atoms with van der Waals surface area (Å²) in [6.07, 6.45) is 0.803. The van der Waals surface area contributed by atoms with Crippen molar-refractivity contribution in [2.24, 2.45) is 0 Å². The maximum absolute atomic E-state index is 13.0. The summed E-state index contributed by atoms with van der Waals surface area (Å²) in [6, 6.07) is 17.7. The minimum atomic E-state index is -0.223. The Labute approximate surface area is 180 Å². The van der Waals surface area contributed by atoms with Gasteiger partial charge in [0.2, 0.25) is 0 Å². The molecule has 0 heterocycles. The van der Waals surface area contributed by atoms with Crippen molar-refractivity contribution in [3.05, 3.63) is 93.2 Å². The van der Waals surface area contributed by atoms with Crippen molar-refractivity contribution in [3.63, 3.8) is 0 Å². The first-order valence-electron chi connectivity index (χ1n) is 9.24. The fourth-order valence-corrected chi connectivity index (χ4v) is 3.18. The molecule has 152 valence electrons. The van der Waals surface area contributed by atoms with Gasteiger partial charge in [0.25, 0.3) is 0 Å². The van der Waals surface area contributed by atoms with Crippen molar-refractivity contribution >= 4 is 23.2 Å². The highest BCUT2D eigenvalue weighted by Gasteiger charge is 2.11. The van der Waals surface area contributed by atoms with E-state index in [2.05, 4.69) is 5.32 Å². The Kier molecular flexibility index (Phi) is 7.76. The lowest BCUT2D eigenvalue weighted by molar-refractivity contribution is 0.284. The first-order valence-corrected chi connectivity index (χ1v) is 9.99. The molecule has 1 N–H and O–H groups in total. The molecule has 0 aliphatic rings. The molecule has 3 nitrogen and oxygen atoms in total. The number of nitrogens with one attached hydrogen (secondary N) is 1. The zero-order valence-electron chi connectivity index (χ0n) is 16.1. The lowest BCUT2D eigenvalue weighted by Gasteiger charge is -2.14. The van der Waals surface area contributed by atoms with Crippen LogP contribution in [0.25, 0.3) is 0 Å². The Balaban J connectivity index is 1.57. The van der Waals surface area contributed by atoms with Crippen LogP contribution in [0.4, 0.5) is 4.39 Å². The van der Waals surface area contributed by atoms with Crippen LogP contribution >= 0.6 is 23.2 Å². The van der Waals surface area contributed by atoms with E-state index in [-0.39, 0.29) is 5.82 Å². The van der Waals surface area contributed by atoms with E-state index in [1.807, 2.05) is 30.3 Å². The van der Waals surface area contributed by atoms with Crippen LogP contribution in [0, 0.1) is 5.82 Å². The third kappa shape index (κ3) is 6.36. The van der Waals surface area contributed by atoms with Gasteiger partial charge < -0.3 is 14.8 Å². The smallest absolute Gasteiger partial charge is 0.163 e. The zero-order chi connectivity index (χ0) is 20.6. The SMILES string of the molecule is COc1cc(CNCCc2ccc(F)cc2)c(Cl)cc1OCc1ccc(Cl)cc1. The first kappa shape index (κ1) is 21.4. The summed E-state index contributed by atoms with van der Waals surface area (Å²) < 4.78 is 24.3. The largest absolute Gasteiger partial charge is 0.493 e. The molecule has 0 radical (unpaired) electrons. The van der Waals surface area contributed by atoms with Crippen LogP contribution in [-0.4, -0.2) is 13.7 Å². The Morgan fingerprint density at radius 1 is 0.897 bits per heavy atom. The minimum absolute atomic E-state index is 0.223. The maximum Gasteiger partial charge on any atom is 0.163 e. The summed E-state index contributed by atoms with van der Waals surface area (Å²) in [4.78, 5) is 0. The third-order valence-corrected chi connectivity index (χ3v) is 5.06. The lowest BCUT2D eigenvalue weighted by Crippen LogP contribution is -2.17. The Bertz CT molecular complexity index is 931. The molecule has 3 aromatic rings. The van der Waals surface area contributed by atoms with Crippen LogP contribution in [0.5, 0.6) is 11.5 Å². The van der Waals surface area contributed by atoms with E-state index in [0.29, 0.717) is 34.7 Å². The molecule has 3 aromatic carbocycles. The van der Waals surface area contributed by atoms with Gasteiger partial charge in [0.1, 0.15) is 12.4 Å². The molecule has 0 aliphatic carbocycles. The molecular formula is C23H22Cl2FNO2. The zero-order valence-corrected chi connectivity index (χ0v) is 17.6. The second kappa shape index (κ2) is 10.5. The number of hydrogen-bond acceptors (Lipinski definition) is 3. The van der Waals surface area contributed by atoms with E-state index in [1.54, 1.807) is 25.3 Å². The van der Waals surface area contributed by atoms with E-state index < -0.39 is 0 Å². The van der Waals surface area contributed by atoms with Crippen LogP contribution in [-0.2, 0) is 19.6 Å². The molecular weight excluding hydrogens is 412 g/mol. The molecule has 0 aliphatic heterocycles. The van der Waals surface area contributed by atoms with Crippen molar-refractivity contribution in [2.45, 2.75) is 19.6 Å². The molecule has 0 amide bonds. The fraction of sp³-hybridized carbons (Fsp3) is 0.217. The number of ether oxygens (including phenoxy) is 2. The van der Waals surface area contributed by atoms with E-state index in [0.717, 1.165) is 29.7 Å². The van der Waals surface area contributed by atoms with Crippen LogP contribution < -0.4 is 14.8 Å². The van der Waals surface area contributed by atoms with Crippen molar-refractivity contribution in [2.75, 3.05) is 13.7 Å². The van der Waals surface area contributed by atoms with Crippen molar-refractivity contribution in [1.29, 1.82) is 0 Å². The van der Waals surface area contributed by atoms with Crippen LogP contribution in [0.3, 0.4) is 0 Å². The third-order valence-electron chi connectivity index (χ3n) is 4.46. The highest BCUT2D eigenvalue weighted by Crippen LogP contribution is 2.34. The average Bonchev–Trinajstić information content (AvgIpc) is 2.73. The van der Waals surface area contributed by atoms with E-state index in [9.17, 15) is 4.39 Å². The molecule has 0 atom stereocenters. The van der Waals surface area contributed by atoms with Gasteiger partial charge in [-0.25, -0.2) is 4.39 Å². The van der Waals surface area contributed by atoms with Crippen molar-refractivity contribution in [3.8, 4) is 11.5 Å². The van der Waals surface area contributed by atoms with Gasteiger partial charge in [0.05, 0.1) is 7.11 Å². The molecule has 0 bridgehead atoms. The van der Waals surface area contributed by atoms with Crippen molar-refractivity contribution < 1.29 is 13.9 Å². The summed E-state index contributed by atoms with van der Waals surface area (Å²) in [5, 5.41) is 4.64. The van der Waals surface area contributed by atoms with Gasteiger partial charge in [-0.15, -0.1) is 0 Å². The standard InChI is InChI=1S/C23H22Cl2FNO2/c1-28-22-12-18(14-27-11-10-16-4-8-20(26)9-5-16)21(25)13-23(22)29-15-17-2-6-19(24)7-3-17/h2-9,12-13,27H,10-11,14-15H2,1H3. The van der Waals surface area contributed by atoms with Crippen LogP contribution in [0.1, 0.15) is 16.7 Å². The second-order valence-electron chi connectivity index (χ2n) is 6.56. The predicted octanol–water partition coefficient (Wildman–Crippen LogP) is 6.05. The Hall–Kier alpha value is -2.27. The molecule has 0 fully saturated rings. The molecule has 0 saturated heterocycles. The monoisotopic (exact) mass is 433 g/mol. The van der Waals surface area contributed by atoms with Gasteiger partial charge in [-0.05, 0) is 60.0 Å². The molecule has 29 heavy (non-hydrogen) atoms. The quantitative estimate of drug-likeness (QED) is 0.416. The minimum Gasteiger partial charge on any atom is -0.493 e. The van der Waals surface area contributed by atoms with Crippen molar-refractivity contribution in [1.82, 2.24) is 5.32 Å². The van der Waals surface area contributed by atoms with Gasteiger partial charge in [0.15, 0.2) is 11.5 Å². The Morgan fingerprint density at radius 2 is 1.59 bits per heavy atom. The highest BCUT2D eigenvalue weighted by atomic mass is 35.5. The Morgan fingerprint density at radius 3 is 2.28 bits per heavy atom. The highest BCUT2D eigenvalue weighted by molar-refractivity contribution is 6.31. The van der Waals surface area contributed by atoms with Crippen LogP contribution in [0.15, 0.2) is 60.7 Å². The average molecular weight is 434 g/mol. The normalized spacial score (nSPS) is 10.8. The number of hydrogen-bond donors (Lipinski definition) is 1. The van der Waals surface area contributed by atoms with E-state index in [4.69, 9.17) is 32.7 Å². The molecule has 0 unspecified atom stereocenters. The van der Waals surface area contributed by atoms with Gasteiger partial charge in [-0.3, -0.25) is 0 Å². The summed E-state index contributed by atoms with van der Waals surface area (Å²) in [7, 11) is 1.60. The van der Waals surface area contributed by atoms with Gasteiger partial charge in [0, 0.05) is 22.7 Å². The first-order chi connectivity index (χ1) is 14.0. The predicted molar refractivity (Wildman–Crippen MR) is 116 cm³/mol. The fourth-order valence-electron chi connectivity index (χ4n) is 2.83. The maximum atomic E-state index is 13.0. The lowest BCUT2D eigenvalue weighted by atomic mass is 10.1. The topological polar surface area (TPSA) is 30.5 Å².